The summed E-state index contributed by atoms with van der Waals surface area (Å²) in [5, 5.41) is 12.2. The number of aryl methyl sites for hydroxylation is 1. The molecule has 1 nitrogen and oxygen atoms in total. The predicted molar refractivity (Wildman–Crippen MR) is 64.0 cm³/mol. The third kappa shape index (κ3) is 2.46. The summed E-state index contributed by atoms with van der Waals surface area (Å²) < 4.78 is 0. The number of aromatic hydroxyl groups is 1. The first kappa shape index (κ1) is 14.1. The van der Waals surface area contributed by atoms with Crippen molar-refractivity contribution in [2.24, 2.45) is 0 Å². The standard InChI is InChI=1S/C14H15O.K/c1-9(2)13-10(3)8-11-6-4-5-7-12(11)14(13)15;/h4-8,15H,1-3H3;/q-1;+1. The number of phenols is 1. The number of rotatable bonds is 1. The molecule has 0 saturated heterocycles. The molecular weight excluding hydrogens is 223 g/mol. The SMILES string of the molecule is Cc1cc2ccccc2c(O)c1[C-](C)C.[K+]. The number of fused-ring (bicyclic) bond motifs is 1. The molecule has 0 amide bonds. The number of phenolic OH excluding ortho intramolecular Hbond substituents is 1. The van der Waals surface area contributed by atoms with E-state index in [2.05, 4.69) is 6.07 Å². The maximum atomic E-state index is 10.2. The van der Waals surface area contributed by atoms with Crippen molar-refractivity contribution in [3.05, 3.63) is 47.4 Å². The summed E-state index contributed by atoms with van der Waals surface area (Å²) >= 11 is 0. The van der Waals surface area contributed by atoms with E-state index in [1.165, 1.54) is 0 Å². The van der Waals surface area contributed by atoms with E-state index in [4.69, 9.17) is 0 Å². The average molecular weight is 238 g/mol. The van der Waals surface area contributed by atoms with Crippen molar-refractivity contribution in [2.45, 2.75) is 20.8 Å². The molecule has 1 N–H and O–H groups in total. The topological polar surface area (TPSA) is 20.2 Å². The number of hydrogen-bond acceptors (Lipinski definition) is 1. The Morgan fingerprint density at radius 1 is 1.12 bits per heavy atom. The predicted octanol–water partition coefficient (Wildman–Crippen LogP) is 0.820. The molecule has 2 heteroatoms. The molecular formula is C14H15KO. The molecule has 78 valence electrons. The van der Waals surface area contributed by atoms with Gasteiger partial charge in [-0.15, -0.1) is 17.2 Å². The van der Waals surface area contributed by atoms with Crippen molar-refractivity contribution < 1.29 is 56.5 Å². The Labute approximate surface area is 139 Å². The molecule has 2 rings (SSSR count). The summed E-state index contributed by atoms with van der Waals surface area (Å²) in [7, 11) is 0. The zero-order valence-corrected chi connectivity index (χ0v) is 13.5. The molecule has 0 bridgehead atoms. The molecule has 2 aromatic carbocycles. The van der Waals surface area contributed by atoms with Gasteiger partial charge in [-0.25, -0.2) is 0 Å². The Hall–Kier alpha value is 0.00636. The molecule has 0 unspecified atom stereocenters. The van der Waals surface area contributed by atoms with Crippen molar-refractivity contribution >= 4 is 10.8 Å². The largest absolute Gasteiger partial charge is 1.00 e. The number of benzene rings is 2. The average Bonchev–Trinajstić information content (AvgIpc) is 2.17. The van der Waals surface area contributed by atoms with Gasteiger partial charge in [0.1, 0.15) is 0 Å². The molecule has 16 heavy (non-hydrogen) atoms. The second kappa shape index (κ2) is 5.56. The van der Waals surface area contributed by atoms with Crippen molar-refractivity contribution in [3.8, 4) is 5.75 Å². The van der Waals surface area contributed by atoms with Crippen LogP contribution in [0, 0.1) is 12.8 Å². The van der Waals surface area contributed by atoms with Gasteiger partial charge < -0.3 is 5.11 Å². The van der Waals surface area contributed by atoms with Crippen LogP contribution in [0.3, 0.4) is 0 Å². The minimum atomic E-state index is 0. The van der Waals surface area contributed by atoms with E-state index in [0.717, 1.165) is 27.8 Å². The van der Waals surface area contributed by atoms with Crippen LogP contribution in [0.15, 0.2) is 30.3 Å². The van der Waals surface area contributed by atoms with Gasteiger partial charge in [-0.3, -0.25) is 0 Å². The molecule has 0 aliphatic carbocycles. The van der Waals surface area contributed by atoms with Crippen LogP contribution in [-0.2, 0) is 0 Å². The van der Waals surface area contributed by atoms with Gasteiger partial charge in [0.15, 0.2) is 0 Å². The van der Waals surface area contributed by atoms with E-state index < -0.39 is 0 Å². The van der Waals surface area contributed by atoms with Crippen LogP contribution in [0.2, 0.25) is 0 Å². The zero-order valence-electron chi connectivity index (χ0n) is 10.3. The fraction of sp³-hybridized carbons (Fsp3) is 0.214. The van der Waals surface area contributed by atoms with Crippen LogP contribution in [-0.4, -0.2) is 5.11 Å². The molecule has 0 aliphatic heterocycles. The minimum Gasteiger partial charge on any atom is -0.564 e. The molecule has 0 radical (unpaired) electrons. The quantitative estimate of drug-likeness (QED) is 0.576. The second-order valence-corrected chi connectivity index (χ2v) is 4.14. The summed E-state index contributed by atoms with van der Waals surface area (Å²) in [6, 6.07) is 10.0. The van der Waals surface area contributed by atoms with Crippen LogP contribution in [0.25, 0.3) is 10.8 Å². The minimum absolute atomic E-state index is 0. The van der Waals surface area contributed by atoms with E-state index >= 15 is 0 Å². The maximum absolute atomic E-state index is 10.2. The fourth-order valence-corrected chi connectivity index (χ4v) is 2.10. The van der Waals surface area contributed by atoms with E-state index in [9.17, 15) is 5.11 Å². The molecule has 0 atom stereocenters. The fourth-order valence-electron chi connectivity index (χ4n) is 2.10. The third-order valence-electron chi connectivity index (χ3n) is 2.72. The first-order valence-electron chi connectivity index (χ1n) is 5.13. The second-order valence-electron chi connectivity index (χ2n) is 4.14. The van der Waals surface area contributed by atoms with Gasteiger partial charge in [-0.2, -0.15) is 5.92 Å². The molecule has 0 fully saturated rings. The normalized spacial score (nSPS) is 9.94. The van der Waals surface area contributed by atoms with Crippen molar-refractivity contribution in [1.82, 2.24) is 0 Å². The maximum Gasteiger partial charge on any atom is 1.00 e. The monoisotopic (exact) mass is 238 g/mol. The van der Waals surface area contributed by atoms with Crippen LogP contribution in [0.5, 0.6) is 5.75 Å². The Balaban J connectivity index is 0.00000128. The molecule has 0 aliphatic rings. The Morgan fingerprint density at radius 2 is 1.75 bits per heavy atom. The van der Waals surface area contributed by atoms with Gasteiger partial charge in [0, 0.05) is 5.75 Å². The van der Waals surface area contributed by atoms with E-state index in [0.29, 0.717) is 5.75 Å². The summed E-state index contributed by atoms with van der Waals surface area (Å²) in [6.07, 6.45) is 0. The van der Waals surface area contributed by atoms with Crippen molar-refractivity contribution in [1.29, 1.82) is 0 Å². The Bertz CT molecular complexity index is 503. The van der Waals surface area contributed by atoms with Crippen molar-refractivity contribution in [3.63, 3.8) is 0 Å². The summed E-state index contributed by atoms with van der Waals surface area (Å²) in [5.74, 6) is 1.56. The molecule has 0 aromatic heterocycles. The smallest absolute Gasteiger partial charge is 0.564 e. The molecule has 0 spiro atoms. The van der Waals surface area contributed by atoms with Crippen LogP contribution >= 0.6 is 0 Å². The van der Waals surface area contributed by atoms with E-state index in [1.807, 2.05) is 45.0 Å². The molecule has 0 heterocycles. The van der Waals surface area contributed by atoms with E-state index in [-0.39, 0.29) is 51.4 Å². The van der Waals surface area contributed by atoms with Gasteiger partial charge in [0.2, 0.25) is 0 Å². The summed E-state index contributed by atoms with van der Waals surface area (Å²) in [5.41, 5.74) is 2.11. The first-order valence-corrected chi connectivity index (χ1v) is 5.13. The van der Waals surface area contributed by atoms with E-state index in [1.54, 1.807) is 0 Å². The Kier molecular flexibility index (Phi) is 4.89. The van der Waals surface area contributed by atoms with Crippen LogP contribution in [0.1, 0.15) is 25.0 Å². The van der Waals surface area contributed by atoms with Gasteiger partial charge in [0.05, 0.1) is 0 Å². The summed E-state index contributed by atoms with van der Waals surface area (Å²) in [6.45, 7) is 6.09. The zero-order chi connectivity index (χ0) is 11.0. The van der Waals surface area contributed by atoms with Crippen LogP contribution in [0.4, 0.5) is 0 Å². The molecule has 2 aromatic rings. The summed E-state index contributed by atoms with van der Waals surface area (Å²) in [4.78, 5) is 0. The van der Waals surface area contributed by atoms with Crippen molar-refractivity contribution in [2.75, 3.05) is 0 Å². The van der Waals surface area contributed by atoms with Gasteiger partial charge >= 0.3 is 51.4 Å². The number of hydrogen-bond donors (Lipinski definition) is 1. The van der Waals surface area contributed by atoms with Gasteiger partial charge in [-0.1, -0.05) is 45.0 Å². The van der Waals surface area contributed by atoms with Crippen LogP contribution < -0.4 is 51.4 Å². The van der Waals surface area contributed by atoms with Gasteiger partial charge in [-0.05, 0) is 10.8 Å². The molecule has 0 saturated carbocycles. The van der Waals surface area contributed by atoms with Gasteiger partial charge in [0.25, 0.3) is 0 Å². The Morgan fingerprint density at radius 3 is 2.38 bits per heavy atom. The third-order valence-corrected chi connectivity index (χ3v) is 2.72. The first-order chi connectivity index (χ1) is 7.11.